The Bertz CT molecular complexity index is 1270. The highest BCUT2D eigenvalue weighted by atomic mass is 32.2. The number of nitrogens with zero attached hydrogens (tertiary/aromatic N) is 2. The van der Waals surface area contributed by atoms with Gasteiger partial charge >= 0.3 is 0 Å². The largest absolute Gasteiger partial charge is 0.497 e. The Morgan fingerprint density at radius 2 is 1.91 bits per heavy atom. The number of carbonyl (C=O) groups is 1. The minimum Gasteiger partial charge on any atom is -0.497 e. The van der Waals surface area contributed by atoms with Crippen LogP contribution in [0.2, 0.25) is 0 Å². The van der Waals surface area contributed by atoms with Gasteiger partial charge in [0.2, 0.25) is 15.9 Å². The first-order valence-electron chi connectivity index (χ1n) is 10.9. The Labute approximate surface area is 203 Å². The molecule has 0 aliphatic carbocycles. The number of anilines is 1. The first-order valence-corrected chi connectivity index (χ1v) is 13.2. The predicted octanol–water partition coefficient (Wildman–Crippen LogP) is 4.18. The van der Waals surface area contributed by atoms with E-state index in [4.69, 9.17) is 9.47 Å². The summed E-state index contributed by atoms with van der Waals surface area (Å²) in [5.74, 6) is 0.613. The lowest BCUT2D eigenvalue weighted by atomic mass is 9.99. The summed E-state index contributed by atoms with van der Waals surface area (Å²) in [6, 6.07) is 12.2. The van der Waals surface area contributed by atoms with Gasteiger partial charge in [-0.05, 0) is 44.0 Å². The van der Waals surface area contributed by atoms with E-state index >= 15 is 0 Å². The number of ether oxygens (including phenoxy) is 2. The topological polar surface area (TPSA) is 97.8 Å². The summed E-state index contributed by atoms with van der Waals surface area (Å²) in [5.41, 5.74) is 2.45. The zero-order chi connectivity index (χ0) is 24.3. The summed E-state index contributed by atoms with van der Waals surface area (Å²) < 4.78 is 38.2. The lowest BCUT2D eigenvalue weighted by Gasteiger charge is -2.31. The second-order valence-electron chi connectivity index (χ2n) is 8.11. The average Bonchev–Trinajstić information content (AvgIpc) is 3.32. The second kappa shape index (κ2) is 10.1. The molecular weight excluding hydrogens is 474 g/mol. The van der Waals surface area contributed by atoms with Gasteiger partial charge < -0.3 is 14.8 Å². The molecule has 0 radical (unpaired) electrons. The van der Waals surface area contributed by atoms with E-state index in [1.54, 1.807) is 44.6 Å². The molecule has 0 saturated carbocycles. The maximum atomic E-state index is 13.1. The van der Waals surface area contributed by atoms with Crippen molar-refractivity contribution in [1.82, 2.24) is 9.29 Å². The van der Waals surface area contributed by atoms with Gasteiger partial charge in [-0.3, -0.25) is 4.79 Å². The van der Waals surface area contributed by atoms with Crippen LogP contribution in [0.3, 0.4) is 0 Å². The van der Waals surface area contributed by atoms with Crippen molar-refractivity contribution in [2.24, 2.45) is 5.92 Å². The molecule has 180 valence electrons. The minimum atomic E-state index is -3.65. The van der Waals surface area contributed by atoms with Crippen molar-refractivity contribution in [3.05, 3.63) is 53.4 Å². The van der Waals surface area contributed by atoms with Gasteiger partial charge in [0, 0.05) is 30.1 Å². The number of aromatic nitrogens is 1. The molecule has 34 heavy (non-hydrogen) atoms. The van der Waals surface area contributed by atoms with E-state index in [2.05, 4.69) is 10.3 Å². The summed E-state index contributed by atoms with van der Waals surface area (Å²) in [7, 11) is -0.484. The average molecular weight is 502 g/mol. The number of sulfonamides is 1. The quantitative estimate of drug-likeness (QED) is 0.522. The lowest BCUT2D eigenvalue weighted by Crippen LogP contribution is -2.43. The van der Waals surface area contributed by atoms with Crippen molar-refractivity contribution in [2.75, 3.05) is 32.6 Å². The molecule has 0 bridgehead atoms. The van der Waals surface area contributed by atoms with Crippen LogP contribution in [0.25, 0.3) is 11.3 Å². The van der Waals surface area contributed by atoms with E-state index in [-0.39, 0.29) is 17.3 Å². The van der Waals surface area contributed by atoms with Crippen LogP contribution in [-0.4, -0.2) is 50.9 Å². The third kappa shape index (κ3) is 5.08. The number of thiazole rings is 1. The van der Waals surface area contributed by atoms with E-state index in [0.717, 1.165) is 11.1 Å². The van der Waals surface area contributed by atoms with Gasteiger partial charge in [0.05, 0.1) is 30.7 Å². The number of methoxy groups -OCH3 is 2. The molecule has 1 fully saturated rings. The van der Waals surface area contributed by atoms with Crippen LogP contribution in [0.4, 0.5) is 5.13 Å². The molecule has 1 aliphatic rings. The van der Waals surface area contributed by atoms with E-state index in [1.165, 1.54) is 15.6 Å². The summed E-state index contributed by atoms with van der Waals surface area (Å²) in [4.78, 5) is 17.8. The van der Waals surface area contributed by atoms with E-state index in [0.29, 0.717) is 41.7 Å². The summed E-state index contributed by atoms with van der Waals surface area (Å²) in [6.07, 6.45) is 1.24. The molecule has 3 aromatic rings. The highest BCUT2D eigenvalue weighted by Gasteiger charge is 2.33. The van der Waals surface area contributed by atoms with Crippen LogP contribution >= 0.6 is 11.3 Å². The number of amides is 1. The molecular formula is C24H27N3O5S2. The van der Waals surface area contributed by atoms with Crippen molar-refractivity contribution in [1.29, 1.82) is 0 Å². The highest BCUT2D eigenvalue weighted by molar-refractivity contribution is 7.89. The van der Waals surface area contributed by atoms with Gasteiger partial charge in [0.15, 0.2) is 5.13 Å². The first-order chi connectivity index (χ1) is 16.3. The number of carbonyl (C=O) groups excluding carboxylic acids is 1. The fraction of sp³-hybridized carbons (Fsp3) is 0.333. The van der Waals surface area contributed by atoms with Crippen molar-refractivity contribution in [2.45, 2.75) is 24.7 Å². The summed E-state index contributed by atoms with van der Waals surface area (Å²) >= 11 is 1.31. The molecule has 1 N–H and O–H groups in total. The fourth-order valence-electron chi connectivity index (χ4n) is 3.91. The number of benzene rings is 2. The van der Waals surface area contributed by atoms with Crippen molar-refractivity contribution < 1.29 is 22.7 Å². The zero-order valence-electron chi connectivity index (χ0n) is 19.3. The Morgan fingerprint density at radius 3 is 2.62 bits per heavy atom. The van der Waals surface area contributed by atoms with Crippen LogP contribution in [0.15, 0.2) is 52.7 Å². The number of piperidine rings is 1. The van der Waals surface area contributed by atoms with Crippen molar-refractivity contribution in [3.8, 4) is 22.8 Å². The second-order valence-corrected chi connectivity index (χ2v) is 10.9. The number of hydrogen-bond donors (Lipinski definition) is 1. The standard InChI is InChI=1S/C24H27N3O5S2/c1-16-6-9-19(10-7-16)34(29,30)27-12-4-5-17(14-27)23(28)26-24-25-21(15-33-24)20-11-8-18(31-2)13-22(20)32-3/h6-11,13,15,17H,4-5,12,14H2,1-3H3,(H,25,26,28). The van der Waals surface area contributed by atoms with Gasteiger partial charge in [0.25, 0.3) is 0 Å². The van der Waals surface area contributed by atoms with Crippen LogP contribution in [-0.2, 0) is 14.8 Å². The maximum Gasteiger partial charge on any atom is 0.243 e. The SMILES string of the molecule is COc1ccc(-c2csc(NC(=O)C3CCCN(S(=O)(=O)c4ccc(C)cc4)C3)n2)c(OC)c1. The van der Waals surface area contributed by atoms with Gasteiger partial charge in [0.1, 0.15) is 11.5 Å². The molecule has 8 nitrogen and oxygen atoms in total. The predicted molar refractivity (Wildman–Crippen MR) is 132 cm³/mol. The van der Waals surface area contributed by atoms with Gasteiger partial charge in [-0.1, -0.05) is 17.7 Å². The highest BCUT2D eigenvalue weighted by Crippen LogP contribution is 2.35. The Kier molecular flexibility index (Phi) is 7.20. The summed E-state index contributed by atoms with van der Waals surface area (Å²) in [5, 5.41) is 5.16. The molecule has 2 aromatic carbocycles. The molecule has 4 rings (SSSR count). The lowest BCUT2D eigenvalue weighted by molar-refractivity contribution is -0.120. The molecule has 1 amide bonds. The third-order valence-electron chi connectivity index (χ3n) is 5.83. The van der Waals surface area contributed by atoms with Crippen molar-refractivity contribution in [3.63, 3.8) is 0 Å². The minimum absolute atomic E-state index is 0.145. The molecule has 1 unspecified atom stereocenters. The molecule has 10 heteroatoms. The number of nitrogens with one attached hydrogen (secondary N) is 1. The molecule has 1 saturated heterocycles. The fourth-order valence-corrected chi connectivity index (χ4v) is 6.14. The van der Waals surface area contributed by atoms with E-state index in [1.807, 2.05) is 24.4 Å². The molecule has 0 spiro atoms. The van der Waals surface area contributed by atoms with Crippen LogP contribution in [0.5, 0.6) is 11.5 Å². The van der Waals surface area contributed by atoms with E-state index in [9.17, 15) is 13.2 Å². The first kappa shape index (κ1) is 24.2. The summed E-state index contributed by atoms with van der Waals surface area (Å²) in [6.45, 7) is 2.46. The molecule has 1 aliphatic heterocycles. The normalized spacial score (nSPS) is 16.7. The molecule has 2 heterocycles. The van der Waals surface area contributed by atoms with Crippen molar-refractivity contribution >= 4 is 32.4 Å². The molecule has 1 atom stereocenters. The Balaban J connectivity index is 1.45. The Hall–Kier alpha value is -2.95. The van der Waals surface area contributed by atoms with Gasteiger partial charge in [-0.2, -0.15) is 4.31 Å². The smallest absolute Gasteiger partial charge is 0.243 e. The number of aryl methyl sites for hydroxylation is 1. The van der Waals surface area contributed by atoms with Gasteiger partial charge in [-0.15, -0.1) is 11.3 Å². The van der Waals surface area contributed by atoms with Crippen LogP contribution in [0.1, 0.15) is 18.4 Å². The van der Waals surface area contributed by atoms with Crippen LogP contribution < -0.4 is 14.8 Å². The van der Waals surface area contributed by atoms with Crippen LogP contribution in [0, 0.1) is 12.8 Å². The third-order valence-corrected chi connectivity index (χ3v) is 8.47. The Morgan fingerprint density at radius 1 is 1.15 bits per heavy atom. The van der Waals surface area contributed by atoms with Gasteiger partial charge in [-0.25, -0.2) is 13.4 Å². The number of rotatable bonds is 7. The van der Waals surface area contributed by atoms with E-state index < -0.39 is 15.9 Å². The monoisotopic (exact) mass is 501 g/mol. The zero-order valence-corrected chi connectivity index (χ0v) is 20.9. The molecule has 1 aromatic heterocycles. The maximum absolute atomic E-state index is 13.1. The number of hydrogen-bond acceptors (Lipinski definition) is 7.